The van der Waals surface area contributed by atoms with Gasteiger partial charge in [-0.2, -0.15) is 18.3 Å². The van der Waals surface area contributed by atoms with Gasteiger partial charge in [0.1, 0.15) is 0 Å². The van der Waals surface area contributed by atoms with Crippen molar-refractivity contribution in [3.8, 4) is 0 Å². The summed E-state index contributed by atoms with van der Waals surface area (Å²) in [6, 6.07) is 0. The van der Waals surface area contributed by atoms with Crippen molar-refractivity contribution in [2.24, 2.45) is 0 Å². The number of rotatable bonds is 3. The third-order valence-corrected chi connectivity index (χ3v) is 1.82. The molecule has 0 saturated heterocycles. The largest absolute Gasteiger partial charge is 0.390 e. The molecule has 0 aromatic carbocycles. The Morgan fingerprint density at radius 1 is 1.60 bits per heavy atom. The van der Waals surface area contributed by atoms with Crippen molar-refractivity contribution in [1.29, 1.82) is 0 Å². The monoisotopic (exact) mass is 221 g/mol. The summed E-state index contributed by atoms with van der Waals surface area (Å²) in [5, 5.41) is 5.96. The van der Waals surface area contributed by atoms with E-state index in [0.29, 0.717) is 0 Å². The molecule has 0 spiro atoms. The lowest BCUT2D eigenvalue weighted by atomic mass is 10.3. The van der Waals surface area contributed by atoms with Gasteiger partial charge in [-0.1, -0.05) is 0 Å². The number of halogens is 3. The van der Waals surface area contributed by atoms with E-state index in [2.05, 4.69) is 10.2 Å². The molecule has 0 saturated carbocycles. The zero-order valence-electron chi connectivity index (χ0n) is 8.01. The Bertz CT molecular complexity index is 320. The molecule has 1 aromatic rings. The Hall–Kier alpha value is -1.53. The lowest BCUT2D eigenvalue weighted by Gasteiger charge is -2.17. The minimum atomic E-state index is -4.25. The van der Waals surface area contributed by atoms with Crippen LogP contribution in [-0.2, 0) is 0 Å². The number of hydrogen-bond acceptors (Lipinski definition) is 2. The fourth-order valence-corrected chi connectivity index (χ4v) is 0.984. The number of alkyl halides is 3. The predicted molar refractivity (Wildman–Crippen MR) is 46.2 cm³/mol. The average molecular weight is 221 g/mol. The van der Waals surface area contributed by atoms with Crippen LogP contribution < -0.4 is 0 Å². The van der Waals surface area contributed by atoms with Crippen LogP contribution in [-0.4, -0.2) is 40.8 Å². The summed E-state index contributed by atoms with van der Waals surface area (Å²) in [5.41, 5.74) is 0.250. The van der Waals surface area contributed by atoms with E-state index in [1.807, 2.05) is 0 Å². The van der Waals surface area contributed by atoms with Crippen LogP contribution in [0.3, 0.4) is 0 Å². The normalized spacial score (nSPS) is 11.5. The van der Waals surface area contributed by atoms with E-state index in [1.54, 1.807) is 0 Å². The minimum Gasteiger partial charge on any atom is -0.341 e. The first-order valence-corrected chi connectivity index (χ1v) is 4.21. The van der Waals surface area contributed by atoms with Gasteiger partial charge >= 0.3 is 6.18 Å². The molecule has 15 heavy (non-hydrogen) atoms. The summed E-state index contributed by atoms with van der Waals surface area (Å²) in [6.07, 6.45) is -2.64. The first kappa shape index (κ1) is 11.5. The van der Waals surface area contributed by atoms with E-state index in [1.165, 1.54) is 19.4 Å². The number of aromatic amines is 1. The van der Waals surface area contributed by atoms with Gasteiger partial charge in [-0.25, -0.2) is 0 Å². The number of nitrogens with zero attached hydrogens (tertiary/aromatic N) is 2. The first-order valence-electron chi connectivity index (χ1n) is 4.21. The molecular formula is C8H10F3N3O. The van der Waals surface area contributed by atoms with E-state index in [4.69, 9.17) is 0 Å². The van der Waals surface area contributed by atoms with Gasteiger partial charge in [-0.3, -0.25) is 9.89 Å². The van der Waals surface area contributed by atoms with Crippen LogP contribution in [0.4, 0.5) is 13.2 Å². The summed E-state index contributed by atoms with van der Waals surface area (Å²) < 4.78 is 35.6. The molecule has 1 heterocycles. The fourth-order valence-electron chi connectivity index (χ4n) is 0.984. The lowest BCUT2D eigenvalue weighted by Crippen LogP contribution is -2.30. The zero-order valence-corrected chi connectivity index (χ0v) is 8.01. The van der Waals surface area contributed by atoms with E-state index < -0.39 is 18.5 Å². The van der Waals surface area contributed by atoms with Crippen molar-refractivity contribution in [2.45, 2.75) is 12.6 Å². The molecule has 0 aliphatic carbocycles. The van der Waals surface area contributed by atoms with Crippen LogP contribution in [0.2, 0.25) is 0 Å². The number of carbonyl (C=O) groups is 1. The summed E-state index contributed by atoms with van der Waals surface area (Å²) in [6.45, 7) is -0.354. The lowest BCUT2D eigenvalue weighted by molar-refractivity contribution is -0.136. The molecule has 7 heteroatoms. The maximum Gasteiger partial charge on any atom is 0.390 e. The van der Waals surface area contributed by atoms with Gasteiger partial charge in [0.05, 0.1) is 18.2 Å². The van der Waals surface area contributed by atoms with Crippen LogP contribution in [0.15, 0.2) is 12.4 Å². The Morgan fingerprint density at radius 3 is 2.73 bits per heavy atom. The van der Waals surface area contributed by atoms with E-state index in [0.717, 1.165) is 4.90 Å². The molecule has 0 unspecified atom stereocenters. The van der Waals surface area contributed by atoms with Gasteiger partial charge in [0.2, 0.25) is 0 Å². The number of nitrogens with one attached hydrogen (secondary N) is 1. The smallest absolute Gasteiger partial charge is 0.341 e. The Kier molecular flexibility index (Phi) is 3.33. The second-order valence-electron chi connectivity index (χ2n) is 3.08. The number of H-pyrrole nitrogens is 1. The highest BCUT2D eigenvalue weighted by molar-refractivity contribution is 5.93. The van der Waals surface area contributed by atoms with Crippen molar-refractivity contribution in [3.63, 3.8) is 0 Å². The van der Waals surface area contributed by atoms with Gasteiger partial charge < -0.3 is 4.90 Å². The van der Waals surface area contributed by atoms with E-state index in [9.17, 15) is 18.0 Å². The third-order valence-electron chi connectivity index (χ3n) is 1.82. The van der Waals surface area contributed by atoms with Crippen LogP contribution in [0.25, 0.3) is 0 Å². The molecule has 84 valence electrons. The Labute approximate surface area is 84.1 Å². The summed E-state index contributed by atoms with van der Waals surface area (Å²) >= 11 is 0. The Morgan fingerprint density at radius 2 is 2.27 bits per heavy atom. The highest BCUT2D eigenvalue weighted by atomic mass is 19.4. The molecule has 0 atom stereocenters. The second kappa shape index (κ2) is 4.33. The van der Waals surface area contributed by atoms with Gasteiger partial charge in [-0.15, -0.1) is 0 Å². The Balaban J connectivity index is 2.48. The SMILES string of the molecule is CN(CCC(F)(F)F)C(=O)c1cn[nH]c1. The first-order chi connectivity index (χ1) is 6.90. The van der Waals surface area contributed by atoms with Gasteiger partial charge in [-0.05, 0) is 0 Å². The number of hydrogen-bond donors (Lipinski definition) is 1. The molecule has 1 N–H and O–H groups in total. The topological polar surface area (TPSA) is 49.0 Å². The quantitative estimate of drug-likeness (QED) is 0.839. The molecule has 0 bridgehead atoms. The second-order valence-corrected chi connectivity index (χ2v) is 3.08. The third kappa shape index (κ3) is 3.61. The van der Waals surface area contributed by atoms with Crippen molar-refractivity contribution in [2.75, 3.05) is 13.6 Å². The number of carbonyl (C=O) groups excluding carboxylic acids is 1. The van der Waals surface area contributed by atoms with Crippen molar-refractivity contribution < 1.29 is 18.0 Å². The summed E-state index contributed by atoms with van der Waals surface area (Å²) in [5.74, 6) is -0.479. The molecule has 0 fully saturated rings. The number of amides is 1. The maximum absolute atomic E-state index is 11.9. The molecule has 0 aliphatic heterocycles. The maximum atomic E-state index is 11.9. The van der Waals surface area contributed by atoms with Crippen molar-refractivity contribution in [3.05, 3.63) is 18.0 Å². The standard InChI is InChI=1S/C8H10F3N3O/c1-14(3-2-8(9,10)11)7(15)6-4-12-13-5-6/h4-5H,2-3H2,1H3,(H,12,13). The van der Waals surface area contributed by atoms with Crippen molar-refractivity contribution >= 4 is 5.91 Å². The number of aromatic nitrogens is 2. The molecule has 1 rings (SSSR count). The predicted octanol–water partition coefficient (Wildman–Crippen LogP) is 1.43. The minimum absolute atomic E-state index is 0.250. The van der Waals surface area contributed by atoms with Gasteiger partial charge in [0.25, 0.3) is 5.91 Å². The molecular weight excluding hydrogens is 211 g/mol. The van der Waals surface area contributed by atoms with E-state index in [-0.39, 0.29) is 12.1 Å². The average Bonchev–Trinajstić information content (AvgIpc) is 2.64. The van der Waals surface area contributed by atoms with Crippen LogP contribution in [0, 0.1) is 0 Å². The van der Waals surface area contributed by atoms with Crippen LogP contribution in [0.5, 0.6) is 0 Å². The molecule has 0 aliphatic rings. The molecule has 1 aromatic heterocycles. The highest BCUT2D eigenvalue weighted by Crippen LogP contribution is 2.19. The molecule has 0 radical (unpaired) electrons. The van der Waals surface area contributed by atoms with Crippen molar-refractivity contribution in [1.82, 2.24) is 15.1 Å². The summed E-state index contributed by atoms with van der Waals surface area (Å²) in [7, 11) is 1.32. The summed E-state index contributed by atoms with van der Waals surface area (Å²) in [4.78, 5) is 12.4. The van der Waals surface area contributed by atoms with Gasteiger partial charge in [0, 0.05) is 19.8 Å². The molecule has 4 nitrogen and oxygen atoms in total. The van der Waals surface area contributed by atoms with Gasteiger partial charge in [0.15, 0.2) is 0 Å². The highest BCUT2D eigenvalue weighted by Gasteiger charge is 2.28. The van der Waals surface area contributed by atoms with Crippen LogP contribution >= 0.6 is 0 Å². The van der Waals surface area contributed by atoms with E-state index >= 15 is 0 Å². The fraction of sp³-hybridized carbons (Fsp3) is 0.500. The zero-order chi connectivity index (χ0) is 11.5. The molecule has 1 amide bonds. The van der Waals surface area contributed by atoms with Crippen LogP contribution in [0.1, 0.15) is 16.8 Å².